The maximum absolute atomic E-state index is 12.5. The van der Waals surface area contributed by atoms with Gasteiger partial charge in [0.15, 0.2) is 0 Å². The van der Waals surface area contributed by atoms with E-state index in [0.29, 0.717) is 23.6 Å². The Bertz CT molecular complexity index is 476. The van der Waals surface area contributed by atoms with Crippen LogP contribution in [0.5, 0.6) is 0 Å². The molecule has 1 aromatic rings. The van der Waals surface area contributed by atoms with E-state index < -0.39 is 0 Å². The molecule has 0 spiro atoms. The fourth-order valence-corrected chi connectivity index (χ4v) is 3.00. The Hall–Kier alpha value is -1.42. The molecule has 2 heterocycles. The third-order valence-electron chi connectivity index (χ3n) is 4.52. The van der Waals surface area contributed by atoms with E-state index in [2.05, 4.69) is 25.8 Å². The molecule has 1 aromatic heterocycles. The van der Waals surface area contributed by atoms with Crippen molar-refractivity contribution in [3.05, 3.63) is 29.6 Å². The number of carbonyl (C=O) groups excluding carboxylic acids is 1. The third-order valence-corrected chi connectivity index (χ3v) is 4.52. The first-order valence-corrected chi connectivity index (χ1v) is 7.86. The van der Waals surface area contributed by atoms with Crippen LogP contribution < -0.4 is 5.73 Å². The van der Waals surface area contributed by atoms with E-state index in [4.69, 9.17) is 5.73 Å². The maximum atomic E-state index is 12.5. The summed E-state index contributed by atoms with van der Waals surface area (Å²) >= 11 is 0. The second-order valence-corrected chi connectivity index (χ2v) is 7.04. The van der Waals surface area contributed by atoms with Gasteiger partial charge in [-0.2, -0.15) is 0 Å². The predicted molar refractivity (Wildman–Crippen MR) is 84.8 cm³/mol. The fraction of sp³-hybridized carbons (Fsp3) is 0.647. The summed E-state index contributed by atoms with van der Waals surface area (Å²) in [6, 6.07) is 3.67. The Morgan fingerprint density at radius 1 is 1.33 bits per heavy atom. The zero-order valence-corrected chi connectivity index (χ0v) is 13.4. The van der Waals surface area contributed by atoms with Crippen LogP contribution in [0.15, 0.2) is 18.3 Å². The van der Waals surface area contributed by atoms with Crippen molar-refractivity contribution in [2.45, 2.75) is 46.6 Å². The Kier molecular flexibility index (Phi) is 4.99. The van der Waals surface area contributed by atoms with Gasteiger partial charge in [0.2, 0.25) is 0 Å². The number of likely N-dealkylation sites (tertiary alicyclic amines) is 1. The zero-order valence-electron chi connectivity index (χ0n) is 13.4. The molecule has 1 unspecified atom stereocenters. The number of nitrogens with zero attached hydrogens (tertiary/aromatic N) is 2. The number of rotatable bonds is 2. The molecule has 0 bridgehead atoms. The number of aromatic nitrogens is 1. The average Bonchev–Trinajstić information content (AvgIpc) is 2.72. The fourth-order valence-electron chi connectivity index (χ4n) is 3.00. The molecule has 116 valence electrons. The van der Waals surface area contributed by atoms with E-state index in [1.54, 1.807) is 12.3 Å². The van der Waals surface area contributed by atoms with E-state index in [1.807, 2.05) is 11.0 Å². The number of hydrogen-bond donors (Lipinski definition) is 1. The summed E-state index contributed by atoms with van der Waals surface area (Å²) in [6.07, 6.45) is 5.06. The Balaban J connectivity index is 2.02. The van der Waals surface area contributed by atoms with Crippen molar-refractivity contribution in [2.75, 3.05) is 13.1 Å². The van der Waals surface area contributed by atoms with Gasteiger partial charge in [0, 0.05) is 25.8 Å². The minimum Gasteiger partial charge on any atom is -0.337 e. The largest absolute Gasteiger partial charge is 0.337 e. The molecule has 0 aromatic carbocycles. The number of hydrogen-bond acceptors (Lipinski definition) is 3. The van der Waals surface area contributed by atoms with Crippen LogP contribution in [0.1, 0.15) is 56.1 Å². The molecular weight excluding hydrogens is 262 g/mol. The molecule has 1 aliphatic rings. The summed E-state index contributed by atoms with van der Waals surface area (Å²) in [4.78, 5) is 18.7. The highest BCUT2D eigenvalue weighted by atomic mass is 16.2. The number of carbonyl (C=O) groups is 1. The van der Waals surface area contributed by atoms with Crippen molar-refractivity contribution >= 4 is 5.91 Å². The lowest BCUT2D eigenvalue weighted by atomic mass is 9.77. The molecule has 1 fully saturated rings. The summed E-state index contributed by atoms with van der Waals surface area (Å²) in [7, 11) is 0. The molecule has 0 radical (unpaired) electrons. The van der Waals surface area contributed by atoms with Gasteiger partial charge in [0.1, 0.15) is 5.69 Å². The lowest BCUT2D eigenvalue weighted by molar-refractivity contribution is 0.0749. The summed E-state index contributed by atoms with van der Waals surface area (Å²) in [5, 5.41) is 0. The number of nitrogens with two attached hydrogens (primary N) is 1. The molecule has 2 N–H and O–H groups in total. The van der Waals surface area contributed by atoms with Crippen LogP contribution in [0.25, 0.3) is 0 Å². The number of amides is 1. The van der Waals surface area contributed by atoms with Crippen molar-refractivity contribution in [1.82, 2.24) is 9.88 Å². The first-order chi connectivity index (χ1) is 9.91. The van der Waals surface area contributed by atoms with Gasteiger partial charge < -0.3 is 10.6 Å². The van der Waals surface area contributed by atoms with Gasteiger partial charge in [-0.25, -0.2) is 0 Å². The summed E-state index contributed by atoms with van der Waals surface area (Å²) < 4.78 is 0. The van der Waals surface area contributed by atoms with E-state index in [9.17, 15) is 4.79 Å². The Morgan fingerprint density at radius 3 is 2.67 bits per heavy atom. The van der Waals surface area contributed by atoms with Gasteiger partial charge in [-0.3, -0.25) is 9.78 Å². The predicted octanol–water partition coefficient (Wildman–Crippen LogP) is 2.83. The lowest BCUT2D eigenvalue weighted by Gasteiger charge is -2.29. The second-order valence-electron chi connectivity index (χ2n) is 7.04. The van der Waals surface area contributed by atoms with Crippen LogP contribution in [-0.4, -0.2) is 28.9 Å². The van der Waals surface area contributed by atoms with E-state index in [0.717, 1.165) is 31.5 Å². The molecule has 4 nitrogen and oxygen atoms in total. The summed E-state index contributed by atoms with van der Waals surface area (Å²) in [6.45, 7) is 9.01. The van der Waals surface area contributed by atoms with E-state index in [-0.39, 0.29) is 5.91 Å². The maximum Gasteiger partial charge on any atom is 0.272 e. The van der Waals surface area contributed by atoms with Crippen molar-refractivity contribution in [1.29, 1.82) is 0 Å². The Morgan fingerprint density at radius 2 is 2.10 bits per heavy atom. The SMILES string of the molecule is CC(C)(C)C1CCCN(C(=O)c2ccc(CN)cn2)CC1. The molecule has 1 saturated heterocycles. The number of pyridine rings is 1. The highest BCUT2D eigenvalue weighted by Gasteiger charge is 2.28. The Labute approximate surface area is 127 Å². The topological polar surface area (TPSA) is 59.2 Å². The first kappa shape index (κ1) is 16.0. The smallest absolute Gasteiger partial charge is 0.272 e. The third kappa shape index (κ3) is 4.03. The molecule has 21 heavy (non-hydrogen) atoms. The van der Waals surface area contributed by atoms with Crippen molar-refractivity contribution < 1.29 is 4.79 Å². The molecule has 0 aliphatic carbocycles. The van der Waals surface area contributed by atoms with Crippen LogP contribution in [-0.2, 0) is 6.54 Å². The van der Waals surface area contributed by atoms with Crippen LogP contribution >= 0.6 is 0 Å². The lowest BCUT2D eigenvalue weighted by Crippen LogP contribution is -2.33. The van der Waals surface area contributed by atoms with Crippen molar-refractivity contribution in [3.8, 4) is 0 Å². The van der Waals surface area contributed by atoms with Gasteiger partial charge in [0.25, 0.3) is 5.91 Å². The summed E-state index contributed by atoms with van der Waals surface area (Å²) in [5.41, 5.74) is 7.36. The van der Waals surface area contributed by atoms with Gasteiger partial charge in [-0.1, -0.05) is 26.8 Å². The van der Waals surface area contributed by atoms with Gasteiger partial charge in [-0.15, -0.1) is 0 Å². The van der Waals surface area contributed by atoms with Crippen molar-refractivity contribution in [2.24, 2.45) is 17.1 Å². The minimum atomic E-state index is 0.0492. The molecule has 1 atom stereocenters. The highest BCUT2D eigenvalue weighted by molar-refractivity contribution is 5.92. The van der Waals surface area contributed by atoms with E-state index in [1.165, 1.54) is 6.42 Å². The van der Waals surface area contributed by atoms with Gasteiger partial charge in [-0.05, 0) is 42.2 Å². The molecule has 1 amide bonds. The van der Waals surface area contributed by atoms with Gasteiger partial charge in [0.05, 0.1) is 0 Å². The van der Waals surface area contributed by atoms with Crippen LogP contribution in [0.3, 0.4) is 0 Å². The second kappa shape index (κ2) is 6.56. The molecule has 4 heteroatoms. The summed E-state index contributed by atoms with van der Waals surface area (Å²) in [5.74, 6) is 0.732. The minimum absolute atomic E-state index is 0.0492. The normalized spacial score (nSPS) is 20.2. The average molecular weight is 289 g/mol. The molecule has 2 rings (SSSR count). The monoisotopic (exact) mass is 289 g/mol. The van der Waals surface area contributed by atoms with Crippen LogP contribution in [0, 0.1) is 11.3 Å². The standard InChI is InChI=1S/C17H27N3O/c1-17(2,3)14-5-4-9-20(10-8-14)16(21)15-7-6-13(11-18)12-19-15/h6-7,12,14H,4-5,8-11,18H2,1-3H3. The molecule has 0 saturated carbocycles. The molecular formula is C17H27N3O. The van der Waals surface area contributed by atoms with E-state index >= 15 is 0 Å². The zero-order chi connectivity index (χ0) is 15.5. The van der Waals surface area contributed by atoms with Crippen LogP contribution in [0.4, 0.5) is 0 Å². The highest BCUT2D eigenvalue weighted by Crippen LogP contribution is 2.34. The van der Waals surface area contributed by atoms with Gasteiger partial charge >= 0.3 is 0 Å². The van der Waals surface area contributed by atoms with Crippen molar-refractivity contribution in [3.63, 3.8) is 0 Å². The van der Waals surface area contributed by atoms with Crippen LogP contribution in [0.2, 0.25) is 0 Å². The first-order valence-electron chi connectivity index (χ1n) is 7.86. The quantitative estimate of drug-likeness (QED) is 0.910. The molecule has 1 aliphatic heterocycles.